The number of carbonyl (C=O) groups is 2. The van der Waals surface area contributed by atoms with Gasteiger partial charge in [0.2, 0.25) is 5.75 Å². The van der Waals surface area contributed by atoms with Crippen LogP contribution in [0.3, 0.4) is 0 Å². The molecule has 2 aromatic rings. The molecule has 136 valence electrons. The molecule has 0 heterocycles. The molecule has 0 saturated heterocycles. The molecule has 10 heteroatoms. The number of carboxylic acid groups (broad SMARTS) is 1. The van der Waals surface area contributed by atoms with Gasteiger partial charge < -0.3 is 25.0 Å². The van der Waals surface area contributed by atoms with E-state index in [1.54, 1.807) is 0 Å². The topological polar surface area (TPSA) is 148 Å². The van der Waals surface area contributed by atoms with Crippen LogP contribution in [-0.2, 0) is 0 Å². The van der Waals surface area contributed by atoms with Crippen molar-refractivity contribution < 1.29 is 34.2 Å². The molecule has 0 aliphatic heterocycles. The Hall–Kier alpha value is -3.82. The van der Waals surface area contributed by atoms with Gasteiger partial charge in [-0.25, -0.2) is 4.79 Å². The number of anilines is 1. The maximum absolute atomic E-state index is 12.4. The molecule has 0 unspecified atom stereocenters. The largest absolute Gasteiger partial charge is 0.504 e. The van der Waals surface area contributed by atoms with Gasteiger partial charge >= 0.3 is 11.7 Å². The number of aromatic carboxylic acids is 1. The summed E-state index contributed by atoms with van der Waals surface area (Å²) in [6.45, 7) is 0. The minimum Gasteiger partial charge on any atom is -0.504 e. The lowest BCUT2D eigenvalue weighted by molar-refractivity contribution is -0.385. The van der Waals surface area contributed by atoms with Crippen molar-refractivity contribution in [2.75, 3.05) is 19.5 Å². The Labute approximate surface area is 146 Å². The molecule has 1 amide bonds. The summed E-state index contributed by atoms with van der Waals surface area (Å²) in [7, 11) is 2.42. The van der Waals surface area contributed by atoms with Crippen LogP contribution in [0, 0.1) is 10.1 Å². The molecule has 0 atom stereocenters. The summed E-state index contributed by atoms with van der Waals surface area (Å²) in [6.07, 6.45) is 0. The number of nitro benzene ring substituents is 1. The summed E-state index contributed by atoms with van der Waals surface area (Å²) >= 11 is 0. The van der Waals surface area contributed by atoms with Crippen LogP contribution < -0.4 is 14.8 Å². The zero-order valence-corrected chi connectivity index (χ0v) is 13.7. The highest BCUT2D eigenvalue weighted by Gasteiger charge is 2.25. The fraction of sp³-hybridized carbons (Fsp3) is 0.125. The summed E-state index contributed by atoms with van der Waals surface area (Å²) in [6, 6.07) is 5.90. The van der Waals surface area contributed by atoms with Crippen LogP contribution in [0.5, 0.6) is 17.2 Å². The van der Waals surface area contributed by atoms with Crippen LogP contribution >= 0.6 is 0 Å². The van der Waals surface area contributed by atoms with E-state index < -0.39 is 34.0 Å². The molecule has 0 aromatic heterocycles. The first kappa shape index (κ1) is 18.5. The number of nitrogens with one attached hydrogen (secondary N) is 1. The molecular formula is C16H14N2O8. The first-order valence-electron chi connectivity index (χ1n) is 7.07. The summed E-state index contributed by atoms with van der Waals surface area (Å²) in [5.74, 6) is -3.02. The van der Waals surface area contributed by atoms with Crippen molar-refractivity contribution in [3.8, 4) is 17.2 Å². The fourth-order valence-corrected chi connectivity index (χ4v) is 2.21. The highest BCUT2D eigenvalue weighted by Crippen LogP contribution is 2.39. The summed E-state index contributed by atoms with van der Waals surface area (Å²) < 4.78 is 9.85. The molecule has 3 N–H and O–H groups in total. The lowest BCUT2D eigenvalue weighted by atomic mass is 10.1. The number of hydrogen-bond acceptors (Lipinski definition) is 7. The number of benzene rings is 2. The Kier molecular flexibility index (Phi) is 5.26. The Morgan fingerprint density at radius 1 is 1.15 bits per heavy atom. The van der Waals surface area contributed by atoms with Crippen molar-refractivity contribution in [1.82, 2.24) is 0 Å². The number of aromatic hydroxyl groups is 1. The Balaban J connectivity index is 2.39. The number of amides is 1. The second-order valence-electron chi connectivity index (χ2n) is 4.95. The molecule has 0 aliphatic carbocycles. The van der Waals surface area contributed by atoms with E-state index in [2.05, 4.69) is 5.32 Å². The summed E-state index contributed by atoms with van der Waals surface area (Å²) in [5, 5.41) is 32.5. The predicted octanol–water partition coefficient (Wildman–Crippen LogP) is 2.27. The smallest absolute Gasteiger partial charge is 0.335 e. The standard InChI is InChI=1S/C16H14N2O8/c1-25-12-7-8(16(21)22)3-5-10(12)17-15(20)9-4-6-11(18(23)24)14(26-2)13(9)19/h3-7,19H,1-2H3,(H,17,20)(H,21,22). The van der Waals surface area contributed by atoms with Crippen molar-refractivity contribution >= 4 is 23.3 Å². The highest BCUT2D eigenvalue weighted by molar-refractivity contribution is 6.08. The van der Waals surface area contributed by atoms with Crippen LogP contribution in [0.1, 0.15) is 20.7 Å². The van der Waals surface area contributed by atoms with E-state index in [0.29, 0.717) is 0 Å². The number of phenols is 1. The van der Waals surface area contributed by atoms with E-state index in [1.807, 2.05) is 0 Å². The molecule has 0 spiro atoms. The molecular weight excluding hydrogens is 348 g/mol. The third-order valence-corrected chi connectivity index (χ3v) is 3.45. The Bertz CT molecular complexity index is 894. The second-order valence-corrected chi connectivity index (χ2v) is 4.95. The van der Waals surface area contributed by atoms with Crippen LogP contribution in [0.2, 0.25) is 0 Å². The van der Waals surface area contributed by atoms with Crippen LogP contribution in [0.25, 0.3) is 0 Å². The molecule has 2 rings (SSSR count). The highest BCUT2D eigenvalue weighted by atomic mass is 16.6. The van der Waals surface area contributed by atoms with Crippen LogP contribution in [0.4, 0.5) is 11.4 Å². The van der Waals surface area contributed by atoms with Crippen molar-refractivity contribution in [2.45, 2.75) is 0 Å². The number of rotatable bonds is 6. The minimum absolute atomic E-state index is 0.0419. The van der Waals surface area contributed by atoms with E-state index >= 15 is 0 Å². The quantitative estimate of drug-likeness (QED) is 0.523. The second kappa shape index (κ2) is 7.38. The van der Waals surface area contributed by atoms with Gasteiger partial charge in [0.05, 0.1) is 36.0 Å². The summed E-state index contributed by atoms with van der Waals surface area (Å²) in [4.78, 5) is 33.6. The number of hydrogen-bond donors (Lipinski definition) is 3. The van der Waals surface area contributed by atoms with Crippen molar-refractivity contribution in [3.05, 3.63) is 51.6 Å². The number of ether oxygens (including phenoxy) is 2. The van der Waals surface area contributed by atoms with Gasteiger partial charge in [0.15, 0.2) is 5.75 Å². The Morgan fingerprint density at radius 3 is 2.38 bits per heavy atom. The van der Waals surface area contributed by atoms with Gasteiger partial charge in [-0.2, -0.15) is 0 Å². The maximum atomic E-state index is 12.4. The number of methoxy groups -OCH3 is 2. The zero-order valence-electron chi connectivity index (χ0n) is 13.7. The van der Waals surface area contributed by atoms with E-state index in [9.17, 15) is 24.8 Å². The predicted molar refractivity (Wildman–Crippen MR) is 89.2 cm³/mol. The van der Waals surface area contributed by atoms with E-state index in [4.69, 9.17) is 14.6 Å². The van der Waals surface area contributed by atoms with E-state index in [1.165, 1.54) is 25.3 Å². The third-order valence-electron chi connectivity index (χ3n) is 3.45. The summed E-state index contributed by atoms with van der Waals surface area (Å²) in [5.41, 5.74) is -0.652. The minimum atomic E-state index is -1.17. The van der Waals surface area contributed by atoms with E-state index in [-0.39, 0.29) is 22.6 Å². The SMILES string of the molecule is COc1cc(C(=O)O)ccc1NC(=O)c1ccc([N+](=O)[O-])c(OC)c1O. The lowest BCUT2D eigenvalue weighted by Crippen LogP contribution is -2.14. The Morgan fingerprint density at radius 2 is 1.85 bits per heavy atom. The molecule has 2 aromatic carbocycles. The maximum Gasteiger partial charge on any atom is 0.335 e. The number of carbonyl (C=O) groups excluding carboxylic acids is 1. The van der Waals surface area contributed by atoms with Gasteiger partial charge in [-0.15, -0.1) is 0 Å². The first-order chi connectivity index (χ1) is 12.3. The number of carboxylic acids is 1. The molecule has 0 aliphatic rings. The molecule has 10 nitrogen and oxygen atoms in total. The van der Waals surface area contributed by atoms with Crippen molar-refractivity contribution in [3.63, 3.8) is 0 Å². The van der Waals surface area contributed by atoms with Gasteiger partial charge in [-0.1, -0.05) is 0 Å². The van der Waals surface area contributed by atoms with Crippen LogP contribution in [0.15, 0.2) is 30.3 Å². The van der Waals surface area contributed by atoms with Crippen molar-refractivity contribution in [1.29, 1.82) is 0 Å². The van der Waals surface area contributed by atoms with E-state index in [0.717, 1.165) is 19.2 Å². The molecule has 0 radical (unpaired) electrons. The fourth-order valence-electron chi connectivity index (χ4n) is 2.21. The normalized spacial score (nSPS) is 10.1. The van der Waals surface area contributed by atoms with Gasteiger partial charge in [0.1, 0.15) is 5.75 Å². The van der Waals surface area contributed by atoms with Gasteiger partial charge in [0, 0.05) is 6.07 Å². The zero-order chi connectivity index (χ0) is 19.4. The van der Waals surface area contributed by atoms with Crippen LogP contribution in [-0.4, -0.2) is 41.2 Å². The average Bonchev–Trinajstić information content (AvgIpc) is 2.61. The van der Waals surface area contributed by atoms with Gasteiger partial charge in [0.25, 0.3) is 5.91 Å². The number of nitro groups is 1. The van der Waals surface area contributed by atoms with Crippen molar-refractivity contribution in [2.24, 2.45) is 0 Å². The molecule has 26 heavy (non-hydrogen) atoms. The molecule has 0 saturated carbocycles. The number of phenolic OH excluding ortho intramolecular Hbond substituents is 1. The number of nitrogens with zero attached hydrogens (tertiary/aromatic N) is 1. The lowest BCUT2D eigenvalue weighted by Gasteiger charge is -2.12. The molecule has 0 fully saturated rings. The van der Waals surface area contributed by atoms with Gasteiger partial charge in [-0.3, -0.25) is 14.9 Å². The third kappa shape index (κ3) is 3.48. The monoisotopic (exact) mass is 362 g/mol. The average molecular weight is 362 g/mol. The molecule has 0 bridgehead atoms. The van der Waals surface area contributed by atoms with Gasteiger partial charge in [-0.05, 0) is 24.3 Å². The first-order valence-corrected chi connectivity index (χ1v) is 7.07.